The third kappa shape index (κ3) is 6.03. The molecule has 0 aliphatic carbocycles. The van der Waals surface area contributed by atoms with Crippen LogP contribution in [0.1, 0.15) is 11.1 Å². The summed E-state index contributed by atoms with van der Waals surface area (Å²) in [5, 5.41) is 6.21. The van der Waals surface area contributed by atoms with Crippen LogP contribution in [0.5, 0.6) is 0 Å². The summed E-state index contributed by atoms with van der Waals surface area (Å²) in [6.07, 6.45) is 2.78. The monoisotopic (exact) mass is 500 g/mol. The van der Waals surface area contributed by atoms with Crippen LogP contribution in [0.2, 0.25) is 25.7 Å². The summed E-state index contributed by atoms with van der Waals surface area (Å²) in [6.45, 7) is 11.6. The van der Waals surface area contributed by atoms with E-state index < -0.39 is 8.07 Å². The Hall–Kier alpha value is -3.00. The molecule has 0 N–H and O–H groups in total. The summed E-state index contributed by atoms with van der Waals surface area (Å²) in [6, 6.07) is 22.7. The molecule has 6 nitrogen and oxygen atoms in total. The number of hydrogen-bond acceptors (Lipinski definition) is 5. The van der Waals surface area contributed by atoms with Gasteiger partial charge in [-0.25, -0.2) is 9.67 Å². The van der Waals surface area contributed by atoms with E-state index >= 15 is 0 Å². The fourth-order valence-electron chi connectivity index (χ4n) is 4.54. The Balaban J connectivity index is 1.48. The first kappa shape index (κ1) is 24.7. The lowest BCUT2D eigenvalue weighted by molar-refractivity contribution is 0.0818. The standard InChI is InChI=1S/C29H36N4O2Si/c1-36(2,3)18-17-35-22-33-27-10-9-24(19-23-7-5-4-6-8-23)20-26(27)29(31-33)25-11-12-30-28(21-25)32-13-15-34-16-14-32/h4-12,20-21H,13-19,22H2,1-3H3. The molecule has 1 saturated heterocycles. The van der Waals surface area contributed by atoms with Crippen LogP contribution in [-0.4, -0.2) is 55.7 Å². The van der Waals surface area contributed by atoms with E-state index in [1.165, 1.54) is 11.1 Å². The first-order chi connectivity index (χ1) is 17.5. The molecule has 2 aromatic carbocycles. The SMILES string of the molecule is C[Si](C)(C)CCOCn1nc(-c2ccnc(N3CCOCC3)c2)c2cc(Cc3ccccc3)ccc21. The number of benzene rings is 2. The molecule has 3 heterocycles. The van der Waals surface area contributed by atoms with Crippen LogP contribution in [0.4, 0.5) is 5.82 Å². The molecule has 0 spiro atoms. The van der Waals surface area contributed by atoms with Gasteiger partial charge in [-0.1, -0.05) is 56.0 Å². The van der Waals surface area contributed by atoms with Crippen molar-refractivity contribution in [3.05, 3.63) is 78.0 Å². The van der Waals surface area contributed by atoms with Gasteiger partial charge in [0.05, 0.1) is 18.7 Å². The highest BCUT2D eigenvalue weighted by atomic mass is 28.3. The second kappa shape index (κ2) is 10.9. The van der Waals surface area contributed by atoms with Crippen molar-refractivity contribution in [1.29, 1.82) is 0 Å². The molecule has 2 aromatic heterocycles. The van der Waals surface area contributed by atoms with E-state index in [0.717, 1.165) is 73.4 Å². The highest BCUT2D eigenvalue weighted by molar-refractivity contribution is 6.76. The van der Waals surface area contributed by atoms with Gasteiger partial charge in [0.15, 0.2) is 0 Å². The molecule has 1 aliphatic heterocycles. The van der Waals surface area contributed by atoms with Crippen LogP contribution >= 0.6 is 0 Å². The minimum absolute atomic E-state index is 0.459. The normalized spacial score (nSPS) is 14.5. The molecule has 0 saturated carbocycles. The van der Waals surface area contributed by atoms with Crippen molar-refractivity contribution in [2.24, 2.45) is 0 Å². The van der Waals surface area contributed by atoms with Gasteiger partial charge in [0.2, 0.25) is 0 Å². The number of aromatic nitrogens is 3. The summed E-state index contributed by atoms with van der Waals surface area (Å²) in [5.41, 5.74) is 5.73. The van der Waals surface area contributed by atoms with E-state index in [1.54, 1.807) is 0 Å². The van der Waals surface area contributed by atoms with Gasteiger partial charge < -0.3 is 14.4 Å². The molecule has 7 heteroatoms. The van der Waals surface area contributed by atoms with Crippen molar-refractivity contribution in [3.63, 3.8) is 0 Å². The zero-order chi connectivity index (χ0) is 25.0. The highest BCUT2D eigenvalue weighted by Gasteiger charge is 2.18. The van der Waals surface area contributed by atoms with Gasteiger partial charge in [-0.15, -0.1) is 0 Å². The fraction of sp³-hybridized carbons (Fsp3) is 0.379. The zero-order valence-electron chi connectivity index (χ0n) is 21.6. The Labute approximate surface area is 214 Å². The maximum Gasteiger partial charge on any atom is 0.140 e. The number of ether oxygens (including phenoxy) is 2. The van der Waals surface area contributed by atoms with E-state index in [0.29, 0.717) is 6.73 Å². The molecule has 0 radical (unpaired) electrons. The zero-order valence-corrected chi connectivity index (χ0v) is 22.6. The molecule has 36 heavy (non-hydrogen) atoms. The number of hydrogen-bond donors (Lipinski definition) is 0. The van der Waals surface area contributed by atoms with Crippen molar-refractivity contribution in [1.82, 2.24) is 14.8 Å². The Morgan fingerprint density at radius 1 is 0.944 bits per heavy atom. The maximum absolute atomic E-state index is 6.10. The second-order valence-electron chi connectivity index (χ2n) is 10.7. The lowest BCUT2D eigenvalue weighted by atomic mass is 10.0. The van der Waals surface area contributed by atoms with Gasteiger partial charge >= 0.3 is 0 Å². The third-order valence-corrected chi connectivity index (χ3v) is 8.33. The van der Waals surface area contributed by atoms with Crippen molar-refractivity contribution < 1.29 is 9.47 Å². The van der Waals surface area contributed by atoms with Gasteiger partial charge in [-0.05, 0) is 47.9 Å². The van der Waals surface area contributed by atoms with Gasteiger partial charge in [0.1, 0.15) is 18.2 Å². The minimum Gasteiger partial charge on any atom is -0.378 e. The highest BCUT2D eigenvalue weighted by Crippen LogP contribution is 2.31. The van der Waals surface area contributed by atoms with Crippen LogP contribution in [0.15, 0.2) is 66.9 Å². The van der Waals surface area contributed by atoms with E-state index in [4.69, 9.17) is 14.6 Å². The first-order valence-corrected chi connectivity index (χ1v) is 16.6. The molecule has 188 valence electrons. The van der Waals surface area contributed by atoms with Gasteiger partial charge in [0, 0.05) is 44.9 Å². The van der Waals surface area contributed by atoms with Crippen LogP contribution in [0.3, 0.4) is 0 Å². The molecular formula is C29H36N4O2Si. The predicted molar refractivity (Wildman–Crippen MR) is 149 cm³/mol. The van der Waals surface area contributed by atoms with Gasteiger partial charge in [-0.3, -0.25) is 0 Å². The van der Waals surface area contributed by atoms with Crippen molar-refractivity contribution in [3.8, 4) is 11.3 Å². The Morgan fingerprint density at radius 3 is 2.53 bits per heavy atom. The van der Waals surface area contributed by atoms with Gasteiger partial charge in [-0.2, -0.15) is 5.10 Å². The average molecular weight is 501 g/mol. The Morgan fingerprint density at radius 2 is 1.75 bits per heavy atom. The van der Waals surface area contributed by atoms with Crippen LogP contribution in [0, 0.1) is 0 Å². The fourth-order valence-corrected chi connectivity index (χ4v) is 5.30. The van der Waals surface area contributed by atoms with Crippen molar-refractivity contribution >= 4 is 24.8 Å². The molecular weight excluding hydrogens is 464 g/mol. The second-order valence-corrected chi connectivity index (χ2v) is 16.3. The predicted octanol–water partition coefficient (Wildman–Crippen LogP) is 5.84. The Kier molecular flexibility index (Phi) is 7.50. The number of fused-ring (bicyclic) bond motifs is 1. The number of rotatable bonds is 9. The largest absolute Gasteiger partial charge is 0.378 e. The summed E-state index contributed by atoms with van der Waals surface area (Å²) < 4.78 is 13.6. The number of morpholine rings is 1. The smallest absolute Gasteiger partial charge is 0.140 e. The maximum atomic E-state index is 6.10. The van der Waals surface area contributed by atoms with E-state index in [2.05, 4.69) is 90.2 Å². The number of anilines is 1. The molecule has 5 rings (SSSR count). The molecule has 0 amide bonds. The van der Waals surface area contributed by atoms with Crippen molar-refractivity contribution in [2.75, 3.05) is 37.8 Å². The molecule has 0 unspecified atom stereocenters. The molecule has 0 atom stereocenters. The van der Waals surface area contributed by atoms with E-state index in [9.17, 15) is 0 Å². The van der Waals surface area contributed by atoms with Crippen LogP contribution in [0.25, 0.3) is 22.2 Å². The molecule has 1 aliphatic rings. The number of nitrogens with zero attached hydrogens (tertiary/aromatic N) is 4. The van der Waals surface area contributed by atoms with Gasteiger partial charge in [0.25, 0.3) is 0 Å². The molecule has 1 fully saturated rings. The lowest BCUT2D eigenvalue weighted by Gasteiger charge is -2.27. The van der Waals surface area contributed by atoms with Crippen LogP contribution < -0.4 is 4.90 Å². The average Bonchev–Trinajstić information content (AvgIpc) is 3.25. The van der Waals surface area contributed by atoms with E-state index in [1.807, 2.05) is 10.9 Å². The third-order valence-electron chi connectivity index (χ3n) is 6.63. The topological polar surface area (TPSA) is 52.4 Å². The summed E-state index contributed by atoms with van der Waals surface area (Å²) in [4.78, 5) is 6.93. The quantitative estimate of drug-likeness (QED) is 0.214. The summed E-state index contributed by atoms with van der Waals surface area (Å²) >= 11 is 0. The molecule has 4 aromatic rings. The Bertz CT molecular complexity index is 1290. The minimum atomic E-state index is -1.14. The first-order valence-electron chi connectivity index (χ1n) is 12.9. The summed E-state index contributed by atoms with van der Waals surface area (Å²) in [7, 11) is -1.14. The molecule has 0 bridgehead atoms. The lowest BCUT2D eigenvalue weighted by Crippen LogP contribution is -2.36. The van der Waals surface area contributed by atoms with Crippen molar-refractivity contribution in [2.45, 2.75) is 38.8 Å². The van der Waals surface area contributed by atoms with Crippen LogP contribution in [-0.2, 0) is 22.6 Å². The summed E-state index contributed by atoms with van der Waals surface area (Å²) in [5.74, 6) is 0.977. The van der Waals surface area contributed by atoms with E-state index in [-0.39, 0.29) is 0 Å². The number of pyridine rings is 1.